The standard InChI is InChI=1S/C8H6O4.C2H6/c9-5-12-7-3-1-2-6(4-7)8(10)11;1-2/h1-5H,(H,10,11);1-2H3. The number of benzene rings is 1. The molecule has 0 unspecified atom stereocenters. The molecule has 0 spiro atoms. The van der Waals surface area contributed by atoms with E-state index in [1.165, 1.54) is 24.3 Å². The van der Waals surface area contributed by atoms with E-state index in [1.807, 2.05) is 13.8 Å². The summed E-state index contributed by atoms with van der Waals surface area (Å²) < 4.78 is 4.45. The lowest BCUT2D eigenvalue weighted by molar-refractivity contribution is -0.120. The maximum Gasteiger partial charge on any atom is 0.335 e. The number of aromatic carboxylic acids is 1. The number of ether oxygens (including phenoxy) is 1. The second-order valence-corrected chi connectivity index (χ2v) is 2.05. The molecule has 0 aliphatic rings. The maximum atomic E-state index is 10.4. The van der Waals surface area contributed by atoms with Crippen molar-refractivity contribution in [3.63, 3.8) is 0 Å². The van der Waals surface area contributed by atoms with Crippen LogP contribution in [0.2, 0.25) is 0 Å². The zero-order valence-electron chi connectivity index (χ0n) is 8.06. The third kappa shape index (κ3) is 3.71. The summed E-state index contributed by atoms with van der Waals surface area (Å²) in [5, 5.41) is 8.53. The first-order valence-electron chi connectivity index (χ1n) is 4.17. The van der Waals surface area contributed by atoms with Gasteiger partial charge < -0.3 is 9.84 Å². The van der Waals surface area contributed by atoms with Gasteiger partial charge in [-0.05, 0) is 18.2 Å². The van der Waals surface area contributed by atoms with Crippen LogP contribution >= 0.6 is 0 Å². The molecule has 0 atom stereocenters. The van der Waals surface area contributed by atoms with Crippen LogP contribution in [0.25, 0.3) is 0 Å². The van der Waals surface area contributed by atoms with E-state index in [-0.39, 0.29) is 17.8 Å². The van der Waals surface area contributed by atoms with Crippen molar-refractivity contribution in [1.82, 2.24) is 0 Å². The van der Waals surface area contributed by atoms with Gasteiger partial charge in [-0.3, -0.25) is 4.79 Å². The predicted octanol–water partition coefficient (Wildman–Crippen LogP) is 1.95. The molecule has 0 radical (unpaired) electrons. The summed E-state index contributed by atoms with van der Waals surface area (Å²) in [7, 11) is 0. The third-order valence-electron chi connectivity index (χ3n) is 1.27. The molecule has 4 nitrogen and oxygen atoms in total. The number of carbonyl (C=O) groups excluding carboxylic acids is 1. The molecule has 0 aromatic heterocycles. The summed E-state index contributed by atoms with van der Waals surface area (Å²) in [5.41, 5.74) is 0.0920. The van der Waals surface area contributed by atoms with Gasteiger partial charge in [0, 0.05) is 0 Å². The highest BCUT2D eigenvalue weighted by atomic mass is 16.5. The lowest BCUT2D eigenvalue weighted by Gasteiger charge is -1.97. The van der Waals surface area contributed by atoms with Crippen molar-refractivity contribution in [2.45, 2.75) is 13.8 Å². The van der Waals surface area contributed by atoms with Crippen LogP contribution in [-0.2, 0) is 4.79 Å². The molecule has 4 heteroatoms. The summed E-state index contributed by atoms with van der Waals surface area (Å²) >= 11 is 0. The molecule has 0 bridgehead atoms. The minimum absolute atomic E-state index is 0.0920. The van der Waals surface area contributed by atoms with Crippen LogP contribution in [0.4, 0.5) is 0 Å². The topological polar surface area (TPSA) is 63.6 Å². The maximum absolute atomic E-state index is 10.4. The van der Waals surface area contributed by atoms with Gasteiger partial charge >= 0.3 is 5.97 Å². The highest BCUT2D eigenvalue weighted by Crippen LogP contribution is 2.11. The van der Waals surface area contributed by atoms with Crippen LogP contribution in [0.5, 0.6) is 5.75 Å². The van der Waals surface area contributed by atoms with Crippen LogP contribution < -0.4 is 4.74 Å². The Labute approximate surface area is 82.1 Å². The molecule has 1 rings (SSSR count). The van der Waals surface area contributed by atoms with E-state index in [0.717, 1.165) is 0 Å². The zero-order chi connectivity index (χ0) is 11.0. The van der Waals surface area contributed by atoms with Gasteiger partial charge in [0.1, 0.15) is 5.75 Å². The van der Waals surface area contributed by atoms with Crippen molar-refractivity contribution in [2.75, 3.05) is 0 Å². The summed E-state index contributed by atoms with van der Waals surface area (Å²) in [4.78, 5) is 20.3. The van der Waals surface area contributed by atoms with Crippen LogP contribution in [0.15, 0.2) is 24.3 Å². The van der Waals surface area contributed by atoms with Gasteiger partial charge in [0.05, 0.1) is 5.56 Å². The molecule has 1 N–H and O–H groups in total. The van der Waals surface area contributed by atoms with Crippen molar-refractivity contribution in [3.8, 4) is 5.75 Å². The highest BCUT2D eigenvalue weighted by molar-refractivity contribution is 5.88. The Balaban J connectivity index is 0.000000791. The molecule has 0 saturated carbocycles. The second-order valence-electron chi connectivity index (χ2n) is 2.05. The number of rotatable bonds is 3. The van der Waals surface area contributed by atoms with Gasteiger partial charge in [-0.1, -0.05) is 19.9 Å². The van der Waals surface area contributed by atoms with E-state index in [4.69, 9.17) is 5.11 Å². The molecule has 0 fully saturated rings. The smallest absolute Gasteiger partial charge is 0.335 e. The molecule has 0 amide bonds. The van der Waals surface area contributed by atoms with E-state index in [9.17, 15) is 9.59 Å². The molecular formula is C10H12O4. The van der Waals surface area contributed by atoms with Gasteiger partial charge in [-0.2, -0.15) is 0 Å². The Morgan fingerprint density at radius 1 is 1.43 bits per heavy atom. The number of carbonyl (C=O) groups is 2. The van der Waals surface area contributed by atoms with Crippen molar-refractivity contribution >= 4 is 12.4 Å². The van der Waals surface area contributed by atoms with Crippen molar-refractivity contribution < 1.29 is 19.4 Å². The lowest BCUT2D eigenvalue weighted by Crippen LogP contribution is -1.96. The monoisotopic (exact) mass is 196 g/mol. The fourth-order valence-corrected chi connectivity index (χ4v) is 0.758. The zero-order valence-corrected chi connectivity index (χ0v) is 8.06. The van der Waals surface area contributed by atoms with E-state index in [2.05, 4.69) is 4.74 Å². The van der Waals surface area contributed by atoms with Crippen molar-refractivity contribution in [2.24, 2.45) is 0 Å². The molecule has 0 aliphatic carbocycles. The van der Waals surface area contributed by atoms with Gasteiger partial charge in [0.15, 0.2) is 0 Å². The lowest BCUT2D eigenvalue weighted by atomic mass is 10.2. The number of carboxylic acid groups (broad SMARTS) is 1. The van der Waals surface area contributed by atoms with Gasteiger partial charge in [0.25, 0.3) is 6.47 Å². The summed E-state index contributed by atoms with van der Waals surface area (Å²) in [6, 6.07) is 5.69. The highest BCUT2D eigenvalue weighted by Gasteiger charge is 2.02. The Morgan fingerprint density at radius 3 is 2.57 bits per heavy atom. The number of hydrogen-bond donors (Lipinski definition) is 1. The first kappa shape index (κ1) is 12.2. The van der Waals surface area contributed by atoms with Crippen LogP contribution in [0.1, 0.15) is 24.2 Å². The first-order valence-corrected chi connectivity index (χ1v) is 4.17. The average Bonchev–Trinajstić information content (AvgIpc) is 2.22. The Hall–Kier alpha value is -1.84. The Kier molecular flexibility index (Phi) is 5.78. The van der Waals surface area contributed by atoms with Gasteiger partial charge in [0.2, 0.25) is 0 Å². The molecule has 0 saturated heterocycles. The van der Waals surface area contributed by atoms with Crippen molar-refractivity contribution in [3.05, 3.63) is 29.8 Å². The minimum Gasteiger partial charge on any atom is -0.478 e. The molecule has 14 heavy (non-hydrogen) atoms. The molecule has 1 aromatic carbocycles. The summed E-state index contributed by atoms with van der Waals surface area (Å²) in [6.45, 7) is 4.25. The number of carboxylic acids is 1. The molecule has 0 heterocycles. The molecule has 0 aliphatic heterocycles. The average molecular weight is 196 g/mol. The summed E-state index contributed by atoms with van der Waals surface area (Å²) in [5.74, 6) is -0.823. The van der Waals surface area contributed by atoms with Crippen LogP contribution in [-0.4, -0.2) is 17.5 Å². The van der Waals surface area contributed by atoms with E-state index in [1.54, 1.807) is 0 Å². The fraction of sp³-hybridized carbons (Fsp3) is 0.200. The minimum atomic E-state index is -1.05. The van der Waals surface area contributed by atoms with Gasteiger partial charge in [-0.25, -0.2) is 4.79 Å². The Morgan fingerprint density at radius 2 is 2.07 bits per heavy atom. The fourth-order valence-electron chi connectivity index (χ4n) is 0.758. The van der Waals surface area contributed by atoms with E-state index in [0.29, 0.717) is 0 Å². The SMILES string of the molecule is CC.O=COc1cccc(C(=O)O)c1. The largest absolute Gasteiger partial charge is 0.478 e. The molecular weight excluding hydrogens is 184 g/mol. The van der Waals surface area contributed by atoms with E-state index < -0.39 is 5.97 Å². The normalized spacial score (nSPS) is 8.14. The Bertz CT molecular complexity index is 307. The quantitative estimate of drug-likeness (QED) is 0.750. The second kappa shape index (κ2) is 6.65. The van der Waals surface area contributed by atoms with E-state index >= 15 is 0 Å². The molecule has 1 aromatic rings. The van der Waals surface area contributed by atoms with Gasteiger partial charge in [-0.15, -0.1) is 0 Å². The predicted molar refractivity (Wildman–Crippen MR) is 51.4 cm³/mol. The summed E-state index contributed by atoms with van der Waals surface area (Å²) in [6.07, 6.45) is 0. The molecule has 76 valence electrons. The first-order chi connectivity index (χ1) is 6.74. The van der Waals surface area contributed by atoms with Crippen molar-refractivity contribution in [1.29, 1.82) is 0 Å². The van der Waals surface area contributed by atoms with Crippen LogP contribution in [0, 0.1) is 0 Å². The third-order valence-corrected chi connectivity index (χ3v) is 1.27. The number of hydrogen-bond acceptors (Lipinski definition) is 3. The van der Waals surface area contributed by atoms with Crippen LogP contribution in [0.3, 0.4) is 0 Å².